The number of aryl methyl sites for hydroxylation is 1. The molecule has 2 aromatic carbocycles. The molecule has 2 aliphatic heterocycles. The minimum Gasteiger partial charge on any atom is -0.371 e. The molecule has 5 rings (SSSR count). The van der Waals surface area contributed by atoms with Crippen molar-refractivity contribution in [1.29, 1.82) is 0 Å². The molecule has 2 aliphatic rings. The van der Waals surface area contributed by atoms with Crippen LogP contribution in [0.1, 0.15) is 36.8 Å². The summed E-state index contributed by atoms with van der Waals surface area (Å²) in [6.07, 6.45) is 9.76. The molecule has 32 heavy (non-hydrogen) atoms. The number of H-pyrrole nitrogens is 1. The molecule has 1 aromatic heterocycles. The van der Waals surface area contributed by atoms with E-state index in [0.717, 1.165) is 63.8 Å². The molecule has 1 fully saturated rings. The van der Waals surface area contributed by atoms with Crippen molar-refractivity contribution in [2.75, 3.05) is 31.1 Å². The molecule has 0 radical (unpaired) electrons. The molecule has 1 saturated heterocycles. The lowest BCUT2D eigenvalue weighted by Gasteiger charge is -2.34. The van der Waals surface area contributed by atoms with Crippen LogP contribution in [0.25, 0.3) is 11.1 Å². The Bertz CT molecular complexity index is 1020. The van der Waals surface area contributed by atoms with Gasteiger partial charge in [-0.25, -0.2) is 0 Å². The first-order chi connectivity index (χ1) is 15.8. The highest BCUT2D eigenvalue weighted by Gasteiger charge is 2.27. The lowest BCUT2D eigenvalue weighted by Crippen LogP contribution is -2.41. The van der Waals surface area contributed by atoms with Crippen LogP contribution < -0.4 is 4.90 Å². The van der Waals surface area contributed by atoms with Crippen LogP contribution in [0.3, 0.4) is 0 Å². The zero-order chi connectivity index (χ0) is 21.8. The lowest BCUT2D eigenvalue weighted by atomic mass is 9.95. The van der Waals surface area contributed by atoms with Gasteiger partial charge in [0, 0.05) is 50.0 Å². The van der Waals surface area contributed by atoms with Gasteiger partial charge in [0.05, 0.1) is 6.20 Å². The van der Waals surface area contributed by atoms with Gasteiger partial charge in [0.25, 0.3) is 0 Å². The van der Waals surface area contributed by atoms with Crippen LogP contribution >= 0.6 is 0 Å². The van der Waals surface area contributed by atoms with E-state index >= 15 is 0 Å². The van der Waals surface area contributed by atoms with Gasteiger partial charge in [-0.05, 0) is 66.8 Å². The summed E-state index contributed by atoms with van der Waals surface area (Å²) in [6.45, 7) is 4.03. The quantitative estimate of drug-likeness (QED) is 0.593. The number of carbonyl (C=O) groups is 1. The second kappa shape index (κ2) is 9.60. The third-order valence-corrected chi connectivity index (χ3v) is 7.05. The number of hydrogen-bond acceptors (Lipinski definition) is 3. The maximum Gasteiger partial charge on any atom is 0.222 e. The van der Waals surface area contributed by atoms with Crippen molar-refractivity contribution in [3.63, 3.8) is 0 Å². The van der Waals surface area contributed by atoms with Crippen molar-refractivity contribution in [1.82, 2.24) is 15.1 Å². The first-order valence-corrected chi connectivity index (χ1v) is 11.9. The monoisotopic (exact) mass is 428 g/mol. The molecule has 0 spiro atoms. The predicted molar refractivity (Wildman–Crippen MR) is 129 cm³/mol. The highest BCUT2D eigenvalue weighted by atomic mass is 16.2. The SMILES string of the molecule is O=C(CCCc1ccccc1)N1CCC(CN2CCc3cc(-c4cn[nH]c4)ccc32)CC1. The number of carbonyl (C=O) groups excluding carboxylic acids is 1. The third-order valence-electron chi connectivity index (χ3n) is 7.05. The van der Waals surface area contributed by atoms with E-state index in [4.69, 9.17) is 0 Å². The molecule has 5 heteroatoms. The van der Waals surface area contributed by atoms with E-state index in [2.05, 4.69) is 62.5 Å². The Kier molecular flexibility index (Phi) is 6.24. The molecule has 0 aliphatic carbocycles. The summed E-state index contributed by atoms with van der Waals surface area (Å²) in [6, 6.07) is 17.3. The Labute approximate surface area is 190 Å². The average Bonchev–Trinajstić information content (AvgIpc) is 3.51. The number of likely N-dealkylation sites (tertiary alicyclic amines) is 1. The van der Waals surface area contributed by atoms with Crippen LogP contribution in [0.15, 0.2) is 60.9 Å². The standard InChI is InChI=1S/C27H32N4O/c32-27(8-4-7-21-5-2-1-3-6-21)30-14-11-22(12-15-30)20-31-16-13-24-17-23(9-10-26(24)31)25-18-28-29-19-25/h1-3,5-6,9-10,17-19,22H,4,7-8,11-16,20H2,(H,28,29). The molecule has 166 valence electrons. The van der Waals surface area contributed by atoms with Crippen LogP contribution in [0, 0.1) is 5.92 Å². The minimum atomic E-state index is 0.331. The Morgan fingerprint density at radius 2 is 1.88 bits per heavy atom. The number of anilines is 1. The second-order valence-corrected chi connectivity index (χ2v) is 9.19. The molecule has 3 aromatic rings. The van der Waals surface area contributed by atoms with Crippen LogP contribution in [0.5, 0.6) is 0 Å². The van der Waals surface area contributed by atoms with Crippen molar-refractivity contribution < 1.29 is 4.79 Å². The van der Waals surface area contributed by atoms with Crippen molar-refractivity contribution in [2.45, 2.75) is 38.5 Å². The lowest BCUT2D eigenvalue weighted by molar-refractivity contribution is -0.132. The van der Waals surface area contributed by atoms with Crippen LogP contribution in [0.4, 0.5) is 5.69 Å². The summed E-state index contributed by atoms with van der Waals surface area (Å²) in [5.74, 6) is 1.00. The number of amides is 1. The van der Waals surface area contributed by atoms with E-state index in [0.29, 0.717) is 18.2 Å². The Balaban J connectivity index is 1.09. The fourth-order valence-electron chi connectivity index (χ4n) is 5.17. The number of aromatic nitrogens is 2. The van der Waals surface area contributed by atoms with E-state index in [1.165, 1.54) is 22.4 Å². The normalized spacial score (nSPS) is 16.4. The van der Waals surface area contributed by atoms with Gasteiger partial charge in [-0.1, -0.05) is 36.4 Å². The predicted octanol–water partition coefficient (Wildman–Crippen LogP) is 4.70. The molecule has 5 nitrogen and oxygen atoms in total. The Morgan fingerprint density at radius 3 is 2.66 bits per heavy atom. The van der Waals surface area contributed by atoms with E-state index in [1.54, 1.807) is 0 Å². The molecule has 1 amide bonds. The zero-order valence-electron chi connectivity index (χ0n) is 18.7. The van der Waals surface area contributed by atoms with E-state index in [1.807, 2.05) is 18.5 Å². The molecule has 1 N–H and O–H groups in total. The van der Waals surface area contributed by atoms with Crippen LogP contribution in [0.2, 0.25) is 0 Å². The number of nitrogens with zero attached hydrogens (tertiary/aromatic N) is 3. The van der Waals surface area contributed by atoms with Crippen LogP contribution in [-0.4, -0.2) is 47.2 Å². The molecular formula is C27H32N4O. The summed E-state index contributed by atoms with van der Waals surface area (Å²) in [4.78, 5) is 17.3. The summed E-state index contributed by atoms with van der Waals surface area (Å²) >= 11 is 0. The topological polar surface area (TPSA) is 52.2 Å². The number of benzene rings is 2. The fraction of sp³-hybridized carbons (Fsp3) is 0.407. The highest BCUT2D eigenvalue weighted by molar-refractivity contribution is 5.76. The summed E-state index contributed by atoms with van der Waals surface area (Å²) < 4.78 is 0. The smallest absolute Gasteiger partial charge is 0.222 e. The number of rotatable bonds is 7. The number of fused-ring (bicyclic) bond motifs is 1. The fourth-order valence-corrected chi connectivity index (χ4v) is 5.17. The van der Waals surface area contributed by atoms with Gasteiger partial charge in [-0.2, -0.15) is 5.10 Å². The van der Waals surface area contributed by atoms with Gasteiger partial charge in [0.15, 0.2) is 0 Å². The van der Waals surface area contributed by atoms with E-state index in [-0.39, 0.29) is 0 Å². The molecule has 0 unspecified atom stereocenters. The summed E-state index contributed by atoms with van der Waals surface area (Å²) in [7, 11) is 0. The first kappa shape index (κ1) is 20.8. The first-order valence-electron chi connectivity index (χ1n) is 11.9. The van der Waals surface area contributed by atoms with Crippen LogP contribution in [-0.2, 0) is 17.6 Å². The number of aromatic amines is 1. The highest BCUT2D eigenvalue weighted by Crippen LogP contribution is 2.33. The maximum atomic E-state index is 12.6. The van der Waals surface area contributed by atoms with Crippen molar-refractivity contribution in [3.05, 3.63) is 72.1 Å². The number of nitrogens with one attached hydrogen (secondary N) is 1. The summed E-state index contributed by atoms with van der Waals surface area (Å²) in [5, 5.41) is 6.97. The van der Waals surface area contributed by atoms with Gasteiger partial charge >= 0.3 is 0 Å². The molecule has 3 heterocycles. The molecule has 0 bridgehead atoms. The van der Waals surface area contributed by atoms with E-state index < -0.39 is 0 Å². The van der Waals surface area contributed by atoms with Gasteiger partial charge < -0.3 is 9.80 Å². The van der Waals surface area contributed by atoms with Gasteiger partial charge in [-0.15, -0.1) is 0 Å². The molecule has 0 atom stereocenters. The largest absolute Gasteiger partial charge is 0.371 e. The van der Waals surface area contributed by atoms with Crippen molar-refractivity contribution in [3.8, 4) is 11.1 Å². The third kappa shape index (κ3) is 4.72. The molecular weight excluding hydrogens is 396 g/mol. The minimum absolute atomic E-state index is 0.331. The van der Waals surface area contributed by atoms with E-state index in [9.17, 15) is 4.79 Å². The number of hydrogen-bond donors (Lipinski definition) is 1. The maximum absolute atomic E-state index is 12.6. The Morgan fingerprint density at radius 1 is 1.03 bits per heavy atom. The van der Waals surface area contributed by atoms with Gasteiger partial charge in [-0.3, -0.25) is 9.89 Å². The zero-order valence-corrected chi connectivity index (χ0v) is 18.7. The average molecular weight is 429 g/mol. The molecule has 0 saturated carbocycles. The van der Waals surface area contributed by atoms with Gasteiger partial charge in [0.2, 0.25) is 5.91 Å². The Hall–Kier alpha value is -3.08. The van der Waals surface area contributed by atoms with Gasteiger partial charge in [0.1, 0.15) is 0 Å². The number of piperidine rings is 1. The van der Waals surface area contributed by atoms with Crippen molar-refractivity contribution in [2.24, 2.45) is 5.92 Å². The van der Waals surface area contributed by atoms with Crippen molar-refractivity contribution >= 4 is 11.6 Å². The summed E-state index contributed by atoms with van der Waals surface area (Å²) in [5.41, 5.74) is 6.53. The second-order valence-electron chi connectivity index (χ2n) is 9.19.